The molecule has 3 atom stereocenters. The van der Waals surface area contributed by atoms with Crippen molar-refractivity contribution in [1.29, 1.82) is 0 Å². The second kappa shape index (κ2) is 3.08. The molecular weight excluding hydrogens is 170 g/mol. The molecule has 1 aromatic rings. The van der Waals surface area contributed by atoms with Gasteiger partial charge >= 0.3 is 0 Å². The second-order valence-electron chi connectivity index (χ2n) is 4.99. The van der Waals surface area contributed by atoms with E-state index < -0.39 is 0 Å². The Balaban J connectivity index is 1.89. The van der Waals surface area contributed by atoms with Gasteiger partial charge in [0.25, 0.3) is 0 Å². The standard InChI is InChI=1S/C13H17N/c1-9-3-2-4-13(14-9)12-8-10-5-6-11(12)7-10/h2-4,10-12H,5-8H2,1H3/t10-,11+,12+/m1/s1. The highest BCUT2D eigenvalue weighted by Crippen LogP contribution is 2.52. The number of hydrogen-bond donors (Lipinski definition) is 0. The van der Waals surface area contributed by atoms with Gasteiger partial charge in [0.15, 0.2) is 0 Å². The number of nitrogens with zero attached hydrogens (tertiary/aromatic N) is 1. The van der Waals surface area contributed by atoms with E-state index in [-0.39, 0.29) is 0 Å². The summed E-state index contributed by atoms with van der Waals surface area (Å²) in [6, 6.07) is 6.47. The largest absolute Gasteiger partial charge is 0.258 e. The van der Waals surface area contributed by atoms with Gasteiger partial charge in [0.2, 0.25) is 0 Å². The highest BCUT2D eigenvalue weighted by Gasteiger charge is 2.40. The summed E-state index contributed by atoms with van der Waals surface area (Å²) < 4.78 is 0. The van der Waals surface area contributed by atoms with E-state index >= 15 is 0 Å². The van der Waals surface area contributed by atoms with Gasteiger partial charge < -0.3 is 0 Å². The molecule has 1 aromatic heterocycles. The van der Waals surface area contributed by atoms with Crippen LogP contribution in [0.4, 0.5) is 0 Å². The fourth-order valence-corrected chi connectivity index (χ4v) is 3.38. The Labute approximate surface area is 85.6 Å². The van der Waals surface area contributed by atoms with E-state index in [9.17, 15) is 0 Å². The molecule has 0 N–H and O–H groups in total. The first kappa shape index (κ1) is 8.46. The Hall–Kier alpha value is -0.850. The summed E-state index contributed by atoms with van der Waals surface area (Å²) in [7, 11) is 0. The van der Waals surface area contributed by atoms with E-state index in [1.165, 1.54) is 37.1 Å². The molecule has 0 spiro atoms. The summed E-state index contributed by atoms with van der Waals surface area (Å²) >= 11 is 0. The fraction of sp³-hybridized carbons (Fsp3) is 0.615. The van der Waals surface area contributed by atoms with Gasteiger partial charge in [0.05, 0.1) is 0 Å². The van der Waals surface area contributed by atoms with E-state index in [4.69, 9.17) is 0 Å². The fourth-order valence-electron chi connectivity index (χ4n) is 3.38. The van der Waals surface area contributed by atoms with Crippen molar-refractivity contribution in [1.82, 2.24) is 4.98 Å². The van der Waals surface area contributed by atoms with Crippen LogP contribution in [-0.4, -0.2) is 4.98 Å². The molecule has 0 amide bonds. The van der Waals surface area contributed by atoms with Crippen molar-refractivity contribution in [3.63, 3.8) is 0 Å². The van der Waals surface area contributed by atoms with E-state index in [1.807, 2.05) is 0 Å². The maximum absolute atomic E-state index is 4.67. The average Bonchev–Trinajstić information content (AvgIpc) is 2.78. The third-order valence-corrected chi connectivity index (χ3v) is 4.03. The monoisotopic (exact) mass is 187 g/mol. The van der Waals surface area contributed by atoms with Gasteiger partial charge in [-0.2, -0.15) is 0 Å². The zero-order valence-electron chi connectivity index (χ0n) is 8.74. The number of fused-ring (bicyclic) bond motifs is 2. The van der Waals surface area contributed by atoms with Crippen LogP contribution in [0.1, 0.15) is 43.0 Å². The molecule has 0 aliphatic heterocycles. The van der Waals surface area contributed by atoms with Gasteiger partial charge in [-0.05, 0) is 50.2 Å². The van der Waals surface area contributed by atoms with Gasteiger partial charge in [0.1, 0.15) is 0 Å². The SMILES string of the molecule is Cc1cccc([C@H]2C[C@@H]3CC[C@H]2C3)n1. The van der Waals surface area contributed by atoms with Crippen LogP contribution in [0.3, 0.4) is 0 Å². The van der Waals surface area contributed by atoms with Crippen molar-refractivity contribution >= 4 is 0 Å². The first-order chi connectivity index (χ1) is 6.83. The number of hydrogen-bond acceptors (Lipinski definition) is 1. The van der Waals surface area contributed by atoms with Crippen molar-refractivity contribution in [2.75, 3.05) is 0 Å². The predicted octanol–water partition coefficient (Wildman–Crippen LogP) is 3.29. The highest BCUT2D eigenvalue weighted by atomic mass is 14.7. The highest BCUT2D eigenvalue weighted by molar-refractivity contribution is 5.17. The Morgan fingerprint density at radius 2 is 2.14 bits per heavy atom. The van der Waals surface area contributed by atoms with Gasteiger partial charge in [-0.1, -0.05) is 12.5 Å². The molecule has 3 rings (SSSR count). The molecule has 0 radical (unpaired) electrons. The molecule has 2 bridgehead atoms. The van der Waals surface area contributed by atoms with Crippen LogP contribution in [0.15, 0.2) is 18.2 Å². The third kappa shape index (κ3) is 1.26. The molecule has 1 heteroatoms. The molecule has 74 valence electrons. The van der Waals surface area contributed by atoms with Crippen LogP contribution in [0.25, 0.3) is 0 Å². The van der Waals surface area contributed by atoms with Crippen molar-refractivity contribution in [3.05, 3.63) is 29.6 Å². The Morgan fingerprint density at radius 1 is 1.21 bits per heavy atom. The number of pyridine rings is 1. The third-order valence-electron chi connectivity index (χ3n) is 4.03. The van der Waals surface area contributed by atoms with Crippen molar-refractivity contribution in [2.45, 2.75) is 38.5 Å². The number of rotatable bonds is 1. The lowest BCUT2D eigenvalue weighted by Gasteiger charge is -2.21. The molecule has 0 saturated heterocycles. The first-order valence-corrected chi connectivity index (χ1v) is 5.76. The summed E-state index contributed by atoms with van der Waals surface area (Å²) in [4.78, 5) is 4.67. The minimum absolute atomic E-state index is 0.786. The molecular formula is C13H17N. The van der Waals surface area contributed by atoms with Crippen LogP contribution in [0.5, 0.6) is 0 Å². The van der Waals surface area contributed by atoms with Crippen LogP contribution in [0.2, 0.25) is 0 Å². The molecule has 2 fully saturated rings. The maximum Gasteiger partial charge on any atom is 0.0440 e. The molecule has 2 aliphatic carbocycles. The van der Waals surface area contributed by atoms with Crippen molar-refractivity contribution < 1.29 is 0 Å². The zero-order valence-corrected chi connectivity index (χ0v) is 8.74. The van der Waals surface area contributed by atoms with E-state index in [1.54, 1.807) is 0 Å². The summed E-state index contributed by atoms with van der Waals surface area (Å²) in [5.41, 5.74) is 2.53. The molecule has 1 nitrogen and oxygen atoms in total. The van der Waals surface area contributed by atoms with Gasteiger partial charge in [-0.15, -0.1) is 0 Å². The van der Waals surface area contributed by atoms with Gasteiger partial charge in [-0.25, -0.2) is 0 Å². The summed E-state index contributed by atoms with van der Waals surface area (Å²) in [6.45, 7) is 2.09. The van der Waals surface area contributed by atoms with Gasteiger partial charge in [0, 0.05) is 17.3 Å². The van der Waals surface area contributed by atoms with Crippen LogP contribution >= 0.6 is 0 Å². The molecule has 2 aliphatic rings. The zero-order chi connectivity index (χ0) is 9.54. The lowest BCUT2D eigenvalue weighted by Crippen LogP contribution is -2.10. The molecule has 0 aromatic carbocycles. The normalized spacial score (nSPS) is 35.1. The minimum atomic E-state index is 0.786. The summed E-state index contributed by atoms with van der Waals surface area (Å²) in [5, 5.41) is 0. The second-order valence-corrected chi connectivity index (χ2v) is 4.99. The Kier molecular flexibility index (Phi) is 1.86. The first-order valence-electron chi connectivity index (χ1n) is 5.76. The lowest BCUT2D eigenvalue weighted by atomic mass is 9.86. The Bertz CT molecular complexity index is 345. The summed E-state index contributed by atoms with van der Waals surface area (Å²) in [6.07, 6.45) is 5.80. The minimum Gasteiger partial charge on any atom is -0.258 e. The van der Waals surface area contributed by atoms with Crippen LogP contribution in [-0.2, 0) is 0 Å². The molecule has 1 heterocycles. The lowest BCUT2D eigenvalue weighted by molar-refractivity contribution is 0.413. The van der Waals surface area contributed by atoms with Crippen LogP contribution in [0, 0.1) is 18.8 Å². The van der Waals surface area contributed by atoms with Crippen LogP contribution < -0.4 is 0 Å². The number of aryl methyl sites for hydroxylation is 1. The van der Waals surface area contributed by atoms with E-state index in [2.05, 4.69) is 30.1 Å². The Morgan fingerprint density at radius 3 is 2.79 bits per heavy atom. The van der Waals surface area contributed by atoms with E-state index in [0.717, 1.165) is 17.8 Å². The summed E-state index contributed by atoms with van der Waals surface area (Å²) in [5.74, 6) is 2.76. The maximum atomic E-state index is 4.67. The molecule has 0 unspecified atom stereocenters. The predicted molar refractivity (Wildman–Crippen MR) is 57.2 cm³/mol. The average molecular weight is 187 g/mol. The quantitative estimate of drug-likeness (QED) is 0.657. The number of aromatic nitrogens is 1. The molecule has 2 saturated carbocycles. The van der Waals surface area contributed by atoms with Crippen molar-refractivity contribution in [3.8, 4) is 0 Å². The van der Waals surface area contributed by atoms with Gasteiger partial charge in [-0.3, -0.25) is 4.98 Å². The molecule has 14 heavy (non-hydrogen) atoms. The smallest absolute Gasteiger partial charge is 0.0440 e. The van der Waals surface area contributed by atoms with E-state index in [0.29, 0.717) is 0 Å². The topological polar surface area (TPSA) is 12.9 Å². The van der Waals surface area contributed by atoms with Crippen molar-refractivity contribution in [2.24, 2.45) is 11.8 Å².